The smallest absolute Gasteiger partial charge is 0.268 e. The molecule has 1 aromatic carbocycles. The van der Waals surface area contributed by atoms with Crippen molar-refractivity contribution in [1.82, 2.24) is 0 Å². The van der Waals surface area contributed by atoms with E-state index in [4.69, 9.17) is 10.5 Å². The molecule has 108 valence electrons. The van der Waals surface area contributed by atoms with Crippen LogP contribution in [0, 0.1) is 0 Å². The van der Waals surface area contributed by atoms with Gasteiger partial charge in [0, 0.05) is 12.6 Å². The maximum atomic E-state index is 12.2. The van der Waals surface area contributed by atoms with Crippen molar-refractivity contribution in [1.29, 1.82) is 0 Å². The van der Waals surface area contributed by atoms with Crippen LogP contribution in [0.15, 0.2) is 30.9 Å². The molecule has 0 saturated heterocycles. The van der Waals surface area contributed by atoms with E-state index in [9.17, 15) is 4.79 Å². The van der Waals surface area contributed by atoms with Gasteiger partial charge >= 0.3 is 0 Å². The highest BCUT2D eigenvalue weighted by Crippen LogP contribution is 2.36. The largest absolute Gasteiger partial charge is 0.479 e. The Hall–Kier alpha value is -1.81. The molecule has 0 saturated carbocycles. The molecule has 1 aliphatic heterocycles. The van der Waals surface area contributed by atoms with Crippen LogP contribution in [0.3, 0.4) is 0 Å². The molecule has 4 heteroatoms. The number of hydrogen-bond donors (Lipinski definition) is 1. The number of nitrogens with two attached hydrogens (primary N) is 1. The van der Waals surface area contributed by atoms with E-state index in [2.05, 4.69) is 13.5 Å². The molecule has 1 heterocycles. The summed E-state index contributed by atoms with van der Waals surface area (Å²) in [6.45, 7) is 8.06. The highest BCUT2D eigenvalue weighted by Gasteiger charge is 2.31. The number of nitrogens with zero attached hydrogens (tertiary/aromatic N) is 1. The van der Waals surface area contributed by atoms with Gasteiger partial charge in [-0.15, -0.1) is 6.58 Å². The second kappa shape index (κ2) is 6.09. The summed E-state index contributed by atoms with van der Waals surface area (Å²) < 4.78 is 5.65. The third kappa shape index (κ3) is 2.70. The Labute approximate surface area is 120 Å². The molecule has 4 nitrogen and oxygen atoms in total. The van der Waals surface area contributed by atoms with Crippen LogP contribution in [-0.2, 0) is 4.79 Å². The molecule has 1 aromatic rings. The van der Waals surface area contributed by atoms with Crippen molar-refractivity contribution in [2.45, 2.75) is 38.8 Å². The SMILES string of the molecule is C=CCN1C(=O)C(C)Oc2ccc(C(N)CCC)cc21. The van der Waals surface area contributed by atoms with E-state index in [-0.39, 0.29) is 11.9 Å². The zero-order chi connectivity index (χ0) is 14.7. The molecule has 2 atom stereocenters. The predicted octanol–water partition coefficient (Wildman–Crippen LogP) is 2.79. The van der Waals surface area contributed by atoms with Gasteiger partial charge in [0.1, 0.15) is 5.75 Å². The monoisotopic (exact) mass is 274 g/mol. The lowest BCUT2D eigenvalue weighted by Gasteiger charge is -2.33. The van der Waals surface area contributed by atoms with Crippen molar-refractivity contribution in [2.75, 3.05) is 11.4 Å². The van der Waals surface area contributed by atoms with Crippen molar-refractivity contribution in [3.05, 3.63) is 36.4 Å². The lowest BCUT2D eigenvalue weighted by atomic mass is 10.0. The highest BCUT2D eigenvalue weighted by atomic mass is 16.5. The minimum absolute atomic E-state index is 0.00895. The van der Waals surface area contributed by atoms with Crippen LogP contribution in [0.2, 0.25) is 0 Å². The second-order valence-corrected chi connectivity index (χ2v) is 5.12. The number of benzene rings is 1. The summed E-state index contributed by atoms with van der Waals surface area (Å²) in [7, 11) is 0. The first-order valence-corrected chi connectivity index (χ1v) is 7.07. The number of anilines is 1. The first kappa shape index (κ1) is 14.6. The van der Waals surface area contributed by atoms with Crippen LogP contribution in [0.1, 0.15) is 38.3 Å². The molecule has 0 aliphatic carbocycles. The van der Waals surface area contributed by atoms with Gasteiger partial charge in [-0.3, -0.25) is 4.79 Å². The van der Waals surface area contributed by atoms with Gasteiger partial charge in [-0.05, 0) is 31.0 Å². The lowest BCUT2D eigenvalue weighted by Crippen LogP contribution is -2.44. The number of rotatable bonds is 5. The van der Waals surface area contributed by atoms with Gasteiger partial charge < -0.3 is 15.4 Å². The molecule has 1 aliphatic rings. The predicted molar refractivity (Wildman–Crippen MR) is 80.9 cm³/mol. The zero-order valence-corrected chi connectivity index (χ0v) is 12.1. The van der Waals surface area contributed by atoms with E-state index >= 15 is 0 Å². The van der Waals surface area contributed by atoms with Gasteiger partial charge in [0.25, 0.3) is 5.91 Å². The standard InChI is InChI=1S/C16H22N2O2/c1-4-6-13(17)12-7-8-15-14(10-12)18(9-5-2)16(19)11(3)20-15/h5,7-8,10-11,13H,2,4,6,9,17H2,1,3H3. The second-order valence-electron chi connectivity index (χ2n) is 5.12. The van der Waals surface area contributed by atoms with E-state index in [0.717, 1.165) is 29.8 Å². The Morgan fingerprint density at radius 2 is 2.30 bits per heavy atom. The molecule has 0 spiro atoms. The third-order valence-electron chi connectivity index (χ3n) is 3.53. The van der Waals surface area contributed by atoms with Crippen molar-refractivity contribution < 1.29 is 9.53 Å². The van der Waals surface area contributed by atoms with Crippen LogP contribution in [0.5, 0.6) is 5.75 Å². The number of ether oxygens (including phenoxy) is 1. The van der Waals surface area contributed by atoms with Gasteiger partial charge in [-0.1, -0.05) is 25.5 Å². The maximum Gasteiger partial charge on any atom is 0.268 e. The molecule has 20 heavy (non-hydrogen) atoms. The molecule has 2 unspecified atom stereocenters. The Morgan fingerprint density at radius 3 is 2.95 bits per heavy atom. The first-order chi connectivity index (χ1) is 9.58. The molecular weight excluding hydrogens is 252 g/mol. The maximum absolute atomic E-state index is 12.2. The van der Waals surface area contributed by atoms with Gasteiger partial charge in [-0.2, -0.15) is 0 Å². The van der Waals surface area contributed by atoms with E-state index < -0.39 is 6.10 Å². The fourth-order valence-electron chi connectivity index (χ4n) is 2.45. The average Bonchev–Trinajstić information content (AvgIpc) is 2.44. The van der Waals surface area contributed by atoms with E-state index in [1.54, 1.807) is 17.9 Å². The number of carbonyl (C=O) groups excluding carboxylic acids is 1. The molecular formula is C16H22N2O2. The quantitative estimate of drug-likeness (QED) is 0.840. The summed E-state index contributed by atoms with van der Waals surface area (Å²) >= 11 is 0. The minimum Gasteiger partial charge on any atom is -0.479 e. The normalized spacial score (nSPS) is 19.2. The van der Waals surface area contributed by atoms with Crippen molar-refractivity contribution in [2.24, 2.45) is 5.73 Å². The van der Waals surface area contributed by atoms with Crippen molar-refractivity contribution in [3.63, 3.8) is 0 Å². The molecule has 1 amide bonds. The summed E-state index contributed by atoms with van der Waals surface area (Å²) in [6.07, 6.45) is 3.21. The van der Waals surface area contributed by atoms with E-state index in [1.807, 2.05) is 18.2 Å². The first-order valence-electron chi connectivity index (χ1n) is 7.07. The van der Waals surface area contributed by atoms with Gasteiger partial charge in [0.05, 0.1) is 5.69 Å². The van der Waals surface area contributed by atoms with Crippen molar-refractivity contribution in [3.8, 4) is 5.75 Å². The average molecular weight is 274 g/mol. The fraction of sp³-hybridized carbons (Fsp3) is 0.438. The molecule has 2 N–H and O–H groups in total. The fourth-order valence-corrected chi connectivity index (χ4v) is 2.45. The molecule has 2 rings (SSSR count). The van der Waals surface area contributed by atoms with Crippen molar-refractivity contribution >= 4 is 11.6 Å². The Bertz CT molecular complexity index is 513. The molecule has 0 fully saturated rings. The number of hydrogen-bond acceptors (Lipinski definition) is 3. The molecule has 0 bridgehead atoms. The van der Waals surface area contributed by atoms with Crippen LogP contribution in [-0.4, -0.2) is 18.6 Å². The summed E-state index contributed by atoms with van der Waals surface area (Å²) in [6, 6.07) is 5.83. The number of amides is 1. The minimum atomic E-state index is -0.461. The number of carbonyl (C=O) groups is 1. The Kier molecular flexibility index (Phi) is 4.45. The van der Waals surface area contributed by atoms with E-state index in [1.165, 1.54) is 0 Å². The summed E-state index contributed by atoms with van der Waals surface area (Å²) in [5.41, 5.74) is 7.98. The summed E-state index contributed by atoms with van der Waals surface area (Å²) in [5, 5.41) is 0. The van der Waals surface area contributed by atoms with Gasteiger partial charge in [0.2, 0.25) is 0 Å². The lowest BCUT2D eigenvalue weighted by molar-refractivity contribution is -0.125. The van der Waals surface area contributed by atoms with Gasteiger partial charge in [-0.25, -0.2) is 0 Å². The highest BCUT2D eigenvalue weighted by molar-refractivity contribution is 6.00. The zero-order valence-electron chi connectivity index (χ0n) is 12.1. The number of fused-ring (bicyclic) bond motifs is 1. The third-order valence-corrected chi connectivity index (χ3v) is 3.53. The van der Waals surface area contributed by atoms with Crippen LogP contribution < -0.4 is 15.4 Å². The Balaban J connectivity index is 2.39. The molecule has 0 radical (unpaired) electrons. The van der Waals surface area contributed by atoms with Crippen LogP contribution in [0.4, 0.5) is 5.69 Å². The Morgan fingerprint density at radius 1 is 1.55 bits per heavy atom. The molecule has 0 aromatic heterocycles. The van der Waals surface area contributed by atoms with Gasteiger partial charge in [0.15, 0.2) is 6.10 Å². The van der Waals surface area contributed by atoms with Crippen LogP contribution in [0.25, 0.3) is 0 Å². The summed E-state index contributed by atoms with van der Waals surface area (Å²) in [4.78, 5) is 13.9. The topological polar surface area (TPSA) is 55.6 Å². The van der Waals surface area contributed by atoms with E-state index in [0.29, 0.717) is 6.54 Å². The summed E-state index contributed by atoms with van der Waals surface area (Å²) in [5.74, 6) is 0.685. The van der Waals surface area contributed by atoms with Crippen LogP contribution >= 0.6 is 0 Å².